The number of hydrogen-bond acceptors (Lipinski definition) is 4. The minimum absolute atomic E-state index is 0.0278. The van der Waals surface area contributed by atoms with Crippen LogP contribution in [0.25, 0.3) is 10.8 Å². The number of esters is 1. The standard InChI is InChI=1S/C9H5BrClNO.C7H13NO2/c10-6-2-1-5-3-8(11)12-9(13)7(5)4-6;1-2-10-7(9)6-4-3-5-8-6/h1-4H,(H,12,13);6,8H,2-5H2,1H3. The SMILES string of the molecule is CCOC(=O)C1CCCN1.O=c1[nH]c(Cl)cc2ccc(Br)cc12. The Balaban J connectivity index is 0.000000174. The lowest BCUT2D eigenvalue weighted by Crippen LogP contribution is -2.32. The van der Waals surface area contributed by atoms with Crippen molar-refractivity contribution in [1.82, 2.24) is 10.3 Å². The molecular weight excluding hydrogens is 384 g/mol. The van der Waals surface area contributed by atoms with Gasteiger partial charge < -0.3 is 15.0 Å². The van der Waals surface area contributed by atoms with Gasteiger partial charge in [-0.3, -0.25) is 9.59 Å². The van der Waals surface area contributed by atoms with Gasteiger partial charge in [0.05, 0.1) is 6.61 Å². The van der Waals surface area contributed by atoms with Gasteiger partial charge in [-0.15, -0.1) is 0 Å². The van der Waals surface area contributed by atoms with Gasteiger partial charge in [0.2, 0.25) is 0 Å². The molecule has 3 rings (SSSR count). The summed E-state index contributed by atoms with van der Waals surface area (Å²) in [4.78, 5) is 24.9. The third-order valence-corrected chi connectivity index (χ3v) is 4.10. The second kappa shape index (κ2) is 8.47. The van der Waals surface area contributed by atoms with Crippen LogP contribution >= 0.6 is 27.5 Å². The molecule has 0 bridgehead atoms. The number of carbonyl (C=O) groups is 1. The zero-order valence-corrected chi connectivity index (χ0v) is 15.0. The highest BCUT2D eigenvalue weighted by molar-refractivity contribution is 9.10. The molecule has 1 unspecified atom stereocenters. The van der Waals surface area contributed by atoms with Gasteiger partial charge in [0.25, 0.3) is 5.56 Å². The molecule has 2 N–H and O–H groups in total. The van der Waals surface area contributed by atoms with Gasteiger partial charge in [0.15, 0.2) is 0 Å². The maximum absolute atomic E-state index is 11.4. The van der Waals surface area contributed by atoms with Crippen LogP contribution < -0.4 is 10.9 Å². The van der Waals surface area contributed by atoms with E-state index in [0.29, 0.717) is 17.1 Å². The summed E-state index contributed by atoms with van der Waals surface area (Å²) in [5.41, 5.74) is -0.163. The molecule has 0 saturated carbocycles. The van der Waals surface area contributed by atoms with Crippen molar-refractivity contribution in [1.29, 1.82) is 0 Å². The molecule has 0 amide bonds. The number of halogens is 2. The zero-order chi connectivity index (χ0) is 16.8. The van der Waals surface area contributed by atoms with Crippen molar-refractivity contribution in [3.05, 3.63) is 44.2 Å². The molecule has 124 valence electrons. The second-order valence-corrected chi connectivity index (χ2v) is 6.40. The Hall–Kier alpha value is -1.37. The van der Waals surface area contributed by atoms with Crippen molar-refractivity contribution in [2.24, 2.45) is 0 Å². The van der Waals surface area contributed by atoms with Crippen molar-refractivity contribution in [2.75, 3.05) is 13.2 Å². The summed E-state index contributed by atoms with van der Waals surface area (Å²) < 4.78 is 5.71. The number of pyridine rings is 1. The Bertz CT molecular complexity index is 742. The number of rotatable bonds is 2. The van der Waals surface area contributed by atoms with Crippen LogP contribution in [0.4, 0.5) is 0 Å². The number of H-pyrrole nitrogens is 1. The van der Waals surface area contributed by atoms with Gasteiger partial charge in [-0.05, 0) is 49.9 Å². The third kappa shape index (κ3) is 5.06. The first-order valence-electron chi connectivity index (χ1n) is 7.39. The van der Waals surface area contributed by atoms with Gasteiger partial charge in [-0.1, -0.05) is 33.6 Å². The Morgan fingerprint density at radius 2 is 2.22 bits per heavy atom. The Labute approximate surface area is 147 Å². The smallest absolute Gasteiger partial charge is 0.323 e. The van der Waals surface area contributed by atoms with E-state index in [1.54, 1.807) is 12.1 Å². The first kappa shape index (κ1) is 18.0. The van der Waals surface area contributed by atoms with Gasteiger partial charge in [-0.25, -0.2) is 0 Å². The Morgan fingerprint density at radius 3 is 2.87 bits per heavy atom. The normalized spacial score (nSPS) is 16.7. The van der Waals surface area contributed by atoms with Crippen LogP contribution in [-0.4, -0.2) is 30.1 Å². The monoisotopic (exact) mass is 400 g/mol. The fourth-order valence-corrected chi connectivity index (χ4v) is 2.89. The molecule has 23 heavy (non-hydrogen) atoms. The quantitative estimate of drug-likeness (QED) is 0.598. The number of fused-ring (bicyclic) bond motifs is 1. The summed E-state index contributed by atoms with van der Waals surface area (Å²) in [5.74, 6) is -0.0972. The van der Waals surface area contributed by atoms with E-state index in [-0.39, 0.29) is 17.6 Å². The van der Waals surface area contributed by atoms with E-state index in [1.165, 1.54) is 0 Å². The maximum Gasteiger partial charge on any atom is 0.323 e. The van der Waals surface area contributed by atoms with Crippen LogP contribution in [0.1, 0.15) is 19.8 Å². The third-order valence-electron chi connectivity index (χ3n) is 3.41. The van der Waals surface area contributed by atoms with E-state index in [2.05, 4.69) is 26.2 Å². The molecule has 1 atom stereocenters. The average molecular weight is 402 g/mol. The second-order valence-electron chi connectivity index (χ2n) is 5.08. The molecule has 1 aromatic carbocycles. The minimum Gasteiger partial charge on any atom is -0.465 e. The van der Waals surface area contributed by atoms with Crippen LogP contribution in [-0.2, 0) is 9.53 Å². The largest absolute Gasteiger partial charge is 0.465 e. The molecule has 1 aromatic heterocycles. The van der Waals surface area contributed by atoms with Crippen molar-refractivity contribution in [3.8, 4) is 0 Å². The fraction of sp³-hybridized carbons (Fsp3) is 0.375. The van der Waals surface area contributed by atoms with E-state index >= 15 is 0 Å². The minimum atomic E-state index is -0.163. The molecule has 1 aliphatic rings. The Kier molecular flexibility index (Phi) is 6.62. The summed E-state index contributed by atoms with van der Waals surface area (Å²) in [7, 11) is 0. The first-order chi connectivity index (χ1) is 11.0. The summed E-state index contributed by atoms with van der Waals surface area (Å²) in [5, 5.41) is 4.91. The average Bonchev–Trinajstić information content (AvgIpc) is 3.03. The van der Waals surface area contributed by atoms with Crippen LogP contribution in [0.5, 0.6) is 0 Å². The summed E-state index contributed by atoms with van der Waals surface area (Å²) in [6.07, 6.45) is 2.02. The van der Waals surface area contributed by atoms with Crippen LogP contribution in [0, 0.1) is 0 Å². The topological polar surface area (TPSA) is 71.2 Å². The molecule has 0 spiro atoms. The molecule has 5 nitrogen and oxygen atoms in total. The van der Waals surface area contributed by atoms with E-state index in [4.69, 9.17) is 16.3 Å². The van der Waals surface area contributed by atoms with Crippen LogP contribution in [0.3, 0.4) is 0 Å². The number of nitrogens with one attached hydrogen (secondary N) is 2. The van der Waals surface area contributed by atoms with Gasteiger partial charge in [0.1, 0.15) is 11.2 Å². The van der Waals surface area contributed by atoms with Crippen LogP contribution in [0.15, 0.2) is 33.5 Å². The lowest BCUT2D eigenvalue weighted by molar-refractivity contribution is -0.145. The zero-order valence-electron chi connectivity index (χ0n) is 12.7. The number of benzene rings is 1. The highest BCUT2D eigenvalue weighted by atomic mass is 79.9. The molecule has 1 saturated heterocycles. The molecule has 1 aliphatic heterocycles. The van der Waals surface area contributed by atoms with E-state index in [9.17, 15) is 9.59 Å². The van der Waals surface area contributed by atoms with Crippen LogP contribution in [0.2, 0.25) is 5.15 Å². The lowest BCUT2D eigenvalue weighted by Gasteiger charge is -2.07. The molecule has 0 aliphatic carbocycles. The predicted octanol–water partition coefficient (Wildman–Crippen LogP) is 3.25. The summed E-state index contributed by atoms with van der Waals surface area (Å²) >= 11 is 9.00. The van der Waals surface area contributed by atoms with E-state index in [1.807, 2.05) is 19.1 Å². The van der Waals surface area contributed by atoms with Crippen molar-refractivity contribution >= 4 is 44.3 Å². The summed E-state index contributed by atoms with van der Waals surface area (Å²) in [6, 6.07) is 7.19. The number of hydrogen-bond donors (Lipinski definition) is 2. The number of aromatic amines is 1. The van der Waals surface area contributed by atoms with Gasteiger partial charge in [0, 0.05) is 9.86 Å². The lowest BCUT2D eigenvalue weighted by atomic mass is 10.2. The highest BCUT2D eigenvalue weighted by Gasteiger charge is 2.22. The van der Waals surface area contributed by atoms with Gasteiger partial charge >= 0.3 is 5.97 Å². The molecule has 2 aromatic rings. The number of ether oxygens (including phenoxy) is 1. The van der Waals surface area contributed by atoms with E-state index in [0.717, 1.165) is 29.2 Å². The fourth-order valence-electron chi connectivity index (χ4n) is 2.33. The number of aromatic nitrogens is 1. The molecule has 1 fully saturated rings. The molecule has 0 radical (unpaired) electrons. The molecule has 7 heteroatoms. The van der Waals surface area contributed by atoms with Crippen molar-refractivity contribution < 1.29 is 9.53 Å². The predicted molar refractivity (Wildman–Crippen MR) is 94.9 cm³/mol. The Morgan fingerprint density at radius 1 is 1.43 bits per heavy atom. The number of carbonyl (C=O) groups excluding carboxylic acids is 1. The summed E-state index contributed by atoms with van der Waals surface area (Å²) in [6.45, 7) is 3.26. The van der Waals surface area contributed by atoms with Crippen molar-refractivity contribution in [2.45, 2.75) is 25.8 Å². The van der Waals surface area contributed by atoms with Crippen molar-refractivity contribution in [3.63, 3.8) is 0 Å². The molecular formula is C16H18BrClN2O3. The van der Waals surface area contributed by atoms with Gasteiger partial charge in [-0.2, -0.15) is 0 Å². The first-order valence-corrected chi connectivity index (χ1v) is 8.56. The maximum atomic E-state index is 11.4. The molecule has 2 heterocycles. The highest BCUT2D eigenvalue weighted by Crippen LogP contribution is 2.18. The van der Waals surface area contributed by atoms with E-state index < -0.39 is 0 Å².